The molecule has 5 rings (SSSR count). The van der Waals surface area contributed by atoms with Crippen molar-refractivity contribution in [3.05, 3.63) is 94.1 Å². The molecule has 0 aliphatic carbocycles. The Balaban J connectivity index is 1.52. The van der Waals surface area contributed by atoms with Crippen molar-refractivity contribution >= 4 is 38.2 Å². The Bertz CT molecular complexity index is 1530. The first-order chi connectivity index (χ1) is 17.8. The van der Waals surface area contributed by atoms with E-state index in [1.807, 2.05) is 37.4 Å². The van der Waals surface area contributed by atoms with E-state index in [4.69, 9.17) is 0 Å². The van der Waals surface area contributed by atoms with Gasteiger partial charge in [-0.05, 0) is 66.6 Å². The van der Waals surface area contributed by atoms with Gasteiger partial charge in [-0.2, -0.15) is 4.31 Å². The van der Waals surface area contributed by atoms with Gasteiger partial charge in [0.2, 0.25) is 15.9 Å². The Morgan fingerprint density at radius 3 is 2.68 bits per heavy atom. The molecule has 2 aromatic carbocycles. The minimum absolute atomic E-state index is 0.0903. The van der Waals surface area contributed by atoms with Crippen LogP contribution in [0.5, 0.6) is 0 Å². The number of carbonyl (C=O) groups is 1. The molecule has 2 unspecified atom stereocenters. The van der Waals surface area contributed by atoms with Crippen LogP contribution in [0.15, 0.2) is 77.1 Å². The zero-order chi connectivity index (χ0) is 26.2. The molecule has 9 heteroatoms. The Hall–Kier alpha value is -3.14. The van der Waals surface area contributed by atoms with Crippen LogP contribution in [0.1, 0.15) is 42.3 Å². The fraction of sp³-hybridized carbons (Fsp3) is 0.286. The minimum Gasteiger partial charge on any atom is -0.330 e. The Kier molecular flexibility index (Phi) is 7.11. The van der Waals surface area contributed by atoms with Gasteiger partial charge in [0.25, 0.3) is 0 Å². The lowest BCUT2D eigenvalue weighted by molar-refractivity contribution is -0.133. The highest BCUT2D eigenvalue weighted by molar-refractivity contribution is 7.89. The number of amides is 1. The highest BCUT2D eigenvalue weighted by Gasteiger charge is 2.37. The van der Waals surface area contributed by atoms with Crippen LogP contribution in [0, 0.1) is 5.82 Å². The van der Waals surface area contributed by atoms with E-state index in [9.17, 15) is 17.6 Å². The van der Waals surface area contributed by atoms with Gasteiger partial charge in [0, 0.05) is 29.0 Å². The van der Waals surface area contributed by atoms with Gasteiger partial charge in [0.1, 0.15) is 10.7 Å². The molecule has 0 saturated heterocycles. The van der Waals surface area contributed by atoms with Gasteiger partial charge in [-0.25, -0.2) is 12.8 Å². The van der Waals surface area contributed by atoms with Gasteiger partial charge < -0.3 is 4.90 Å². The molecule has 37 heavy (non-hydrogen) atoms. The van der Waals surface area contributed by atoms with Crippen LogP contribution in [0.4, 0.5) is 4.39 Å². The summed E-state index contributed by atoms with van der Waals surface area (Å²) in [5.41, 5.74) is 2.19. The number of fused-ring (bicyclic) bond motifs is 2. The number of sulfonamides is 1. The Morgan fingerprint density at radius 1 is 1.16 bits per heavy atom. The summed E-state index contributed by atoms with van der Waals surface area (Å²) in [6.07, 6.45) is 2.81. The average molecular weight is 538 g/mol. The third-order valence-electron chi connectivity index (χ3n) is 7.03. The maximum absolute atomic E-state index is 14.0. The van der Waals surface area contributed by atoms with Crippen LogP contribution in [0.2, 0.25) is 0 Å². The molecule has 0 spiro atoms. The van der Waals surface area contributed by atoms with E-state index < -0.39 is 22.1 Å². The molecule has 192 valence electrons. The Morgan fingerprint density at radius 2 is 1.92 bits per heavy atom. The number of hydrogen-bond acceptors (Lipinski definition) is 5. The normalized spacial score (nSPS) is 16.6. The smallest absolute Gasteiger partial charge is 0.245 e. The summed E-state index contributed by atoms with van der Waals surface area (Å²) in [4.78, 5) is 21.2. The number of aromatic nitrogens is 1. The van der Waals surface area contributed by atoms with Crippen molar-refractivity contribution in [2.75, 3.05) is 13.1 Å². The molecule has 4 aromatic rings. The van der Waals surface area contributed by atoms with Crippen molar-refractivity contribution in [3.63, 3.8) is 0 Å². The zero-order valence-corrected chi connectivity index (χ0v) is 22.3. The summed E-state index contributed by atoms with van der Waals surface area (Å²) in [6, 6.07) is 16.0. The topological polar surface area (TPSA) is 70.6 Å². The molecule has 1 amide bonds. The fourth-order valence-electron chi connectivity index (χ4n) is 4.91. The molecule has 0 bridgehead atoms. The predicted octanol–water partition coefficient (Wildman–Crippen LogP) is 5.40. The van der Waals surface area contributed by atoms with Crippen LogP contribution < -0.4 is 0 Å². The lowest BCUT2D eigenvalue weighted by Gasteiger charge is -2.38. The van der Waals surface area contributed by atoms with E-state index >= 15 is 0 Å². The second-order valence-electron chi connectivity index (χ2n) is 9.23. The summed E-state index contributed by atoms with van der Waals surface area (Å²) in [7, 11) is -4.03. The quantitative estimate of drug-likeness (QED) is 0.317. The van der Waals surface area contributed by atoms with Gasteiger partial charge in [-0.3, -0.25) is 9.78 Å². The lowest BCUT2D eigenvalue weighted by atomic mass is 9.93. The van der Waals surface area contributed by atoms with E-state index in [0.717, 1.165) is 16.5 Å². The zero-order valence-electron chi connectivity index (χ0n) is 20.7. The molecule has 3 heterocycles. The fourth-order valence-corrected chi connectivity index (χ4v) is 7.63. The average Bonchev–Trinajstić information content (AvgIpc) is 3.40. The maximum Gasteiger partial charge on any atom is 0.245 e. The van der Waals surface area contributed by atoms with Crippen LogP contribution in [-0.4, -0.2) is 47.6 Å². The van der Waals surface area contributed by atoms with Crippen LogP contribution >= 0.6 is 11.3 Å². The minimum atomic E-state index is -4.03. The molecule has 1 aliphatic heterocycles. The van der Waals surface area contributed by atoms with Gasteiger partial charge >= 0.3 is 0 Å². The largest absolute Gasteiger partial charge is 0.330 e. The summed E-state index contributed by atoms with van der Waals surface area (Å²) in [5, 5.41) is 2.72. The van der Waals surface area contributed by atoms with Gasteiger partial charge in [0.05, 0.1) is 18.1 Å². The lowest BCUT2D eigenvalue weighted by Crippen LogP contribution is -2.49. The summed E-state index contributed by atoms with van der Waals surface area (Å²) in [6.45, 7) is 3.88. The van der Waals surface area contributed by atoms with Crippen molar-refractivity contribution < 1.29 is 17.6 Å². The van der Waals surface area contributed by atoms with Crippen LogP contribution in [0.25, 0.3) is 10.9 Å². The number of carbonyl (C=O) groups excluding carboxylic acids is 1. The molecule has 0 fully saturated rings. The number of para-hydroxylation sites is 1. The summed E-state index contributed by atoms with van der Waals surface area (Å²) < 4.78 is 43.0. The SMILES string of the molecule is CCC(C)N(CC(=O)N1CCc2sccc2C1c1ccc(F)cc1)S(=O)(=O)c1cccc2cccnc12. The van der Waals surface area contributed by atoms with E-state index in [2.05, 4.69) is 4.98 Å². The molecule has 2 aromatic heterocycles. The second-order valence-corrected chi connectivity index (χ2v) is 12.1. The number of thiophene rings is 1. The standard InChI is InChI=1S/C28H28FN3O3S2/c1-3-19(2)32(37(34,35)25-8-4-6-20-7-5-15-30-27(20)25)18-26(33)31-16-13-24-23(14-17-36-24)28(31)21-9-11-22(29)12-10-21/h4-12,14-15,17,19,28H,3,13,16,18H2,1-2H3. The monoisotopic (exact) mass is 537 g/mol. The van der Waals surface area contributed by atoms with Crippen molar-refractivity contribution in [2.45, 2.75) is 43.7 Å². The van der Waals surface area contributed by atoms with E-state index in [-0.39, 0.29) is 23.2 Å². The Labute approximate surface area is 220 Å². The van der Waals surface area contributed by atoms with Crippen molar-refractivity contribution in [1.29, 1.82) is 0 Å². The number of hydrogen-bond donors (Lipinski definition) is 0. The van der Waals surface area contributed by atoms with E-state index in [1.54, 1.807) is 52.8 Å². The molecular weight excluding hydrogens is 509 g/mol. The number of rotatable bonds is 7. The number of benzene rings is 2. The molecule has 0 saturated carbocycles. The molecule has 6 nitrogen and oxygen atoms in total. The third-order valence-corrected chi connectivity index (χ3v) is 10.0. The van der Waals surface area contributed by atoms with Crippen molar-refractivity contribution in [2.24, 2.45) is 0 Å². The summed E-state index contributed by atoms with van der Waals surface area (Å²) >= 11 is 1.64. The maximum atomic E-state index is 14.0. The predicted molar refractivity (Wildman–Crippen MR) is 143 cm³/mol. The van der Waals surface area contributed by atoms with Crippen LogP contribution in [-0.2, 0) is 21.2 Å². The molecular formula is C28H28FN3O3S2. The van der Waals surface area contributed by atoms with E-state index in [0.29, 0.717) is 24.9 Å². The molecule has 0 radical (unpaired) electrons. The first-order valence-electron chi connectivity index (χ1n) is 12.3. The number of halogens is 1. The first kappa shape index (κ1) is 25.5. The van der Waals surface area contributed by atoms with Gasteiger partial charge in [-0.1, -0.05) is 37.3 Å². The van der Waals surface area contributed by atoms with E-state index in [1.165, 1.54) is 21.3 Å². The third kappa shape index (κ3) is 4.79. The highest BCUT2D eigenvalue weighted by atomic mass is 32.2. The summed E-state index contributed by atoms with van der Waals surface area (Å²) in [5.74, 6) is -0.635. The first-order valence-corrected chi connectivity index (χ1v) is 14.6. The molecule has 0 N–H and O–H groups in total. The number of nitrogens with zero attached hydrogens (tertiary/aromatic N) is 3. The molecule has 1 aliphatic rings. The molecule has 2 atom stereocenters. The number of pyridine rings is 1. The van der Waals surface area contributed by atoms with Gasteiger partial charge in [-0.15, -0.1) is 11.3 Å². The van der Waals surface area contributed by atoms with Crippen molar-refractivity contribution in [1.82, 2.24) is 14.2 Å². The van der Waals surface area contributed by atoms with Gasteiger partial charge in [0.15, 0.2) is 0 Å². The second kappa shape index (κ2) is 10.3. The van der Waals surface area contributed by atoms with Crippen molar-refractivity contribution in [3.8, 4) is 0 Å². The highest BCUT2D eigenvalue weighted by Crippen LogP contribution is 2.38. The van der Waals surface area contributed by atoms with Crippen LogP contribution in [0.3, 0.4) is 0 Å².